The number of nitrogens with zero attached hydrogens (tertiary/aromatic N) is 1. The molecular weight excluding hydrogens is 366 g/mol. The average molecular weight is 410 g/mol. The number of hydrogen-bond acceptors (Lipinski definition) is 4. The minimum atomic E-state index is -0.628. The van der Waals surface area contributed by atoms with Crippen LogP contribution in [-0.4, -0.2) is 60.1 Å². The molecule has 2 aliphatic rings. The molecule has 1 aliphatic carbocycles. The Labute approximate surface area is 177 Å². The number of likely N-dealkylation sites (tertiary alicyclic amines) is 1. The molecule has 0 spiro atoms. The van der Waals surface area contributed by atoms with Crippen molar-refractivity contribution < 1.29 is 14.7 Å². The Hall–Kier alpha value is -1.14. The highest BCUT2D eigenvalue weighted by atomic mass is 16.3. The van der Waals surface area contributed by atoms with Crippen LogP contribution in [0.4, 0.5) is 0 Å². The van der Waals surface area contributed by atoms with Crippen LogP contribution >= 0.6 is 0 Å². The largest absolute Gasteiger partial charge is 0.390 e. The van der Waals surface area contributed by atoms with Crippen molar-refractivity contribution in [3.8, 4) is 0 Å². The number of amides is 2. The van der Waals surface area contributed by atoms with E-state index in [0.29, 0.717) is 19.0 Å². The van der Waals surface area contributed by atoms with Crippen molar-refractivity contribution in [1.82, 2.24) is 15.5 Å². The van der Waals surface area contributed by atoms with Crippen molar-refractivity contribution in [1.29, 1.82) is 0 Å². The predicted molar refractivity (Wildman–Crippen MR) is 116 cm³/mol. The minimum absolute atomic E-state index is 0.0612. The second kappa shape index (κ2) is 12.5. The molecule has 6 heteroatoms. The van der Waals surface area contributed by atoms with Gasteiger partial charge in [0.15, 0.2) is 0 Å². The summed E-state index contributed by atoms with van der Waals surface area (Å²) in [5, 5.41) is 16.6. The van der Waals surface area contributed by atoms with E-state index in [-0.39, 0.29) is 29.7 Å². The fourth-order valence-electron chi connectivity index (χ4n) is 4.88. The van der Waals surface area contributed by atoms with Crippen molar-refractivity contribution in [2.75, 3.05) is 26.2 Å². The number of unbranched alkanes of at least 4 members (excludes halogenated alkanes) is 2. The molecule has 0 bridgehead atoms. The zero-order valence-electron chi connectivity index (χ0n) is 18.8. The number of aliphatic hydroxyl groups is 1. The highest BCUT2D eigenvalue weighted by Crippen LogP contribution is 2.39. The van der Waals surface area contributed by atoms with Crippen LogP contribution in [0.15, 0.2) is 0 Å². The summed E-state index contributed by atoms with van der Waals surface area (Å²) in [5.74, 6) is -0.0143. The van der Waals surface area contributed by atoms with Crippen LogP contribution in [-0.2, 0) is 9.59 Å². The third kappa shape index (κ3) is 6.95. The third-order valence-corrected chi connectivity index (χ3v) is 6.70. The van der Waals surface area contributed by atoms with E-state index < -0.39 is 6.10 Å². The van der Waals surface area contributed by atoms with Crippen LogP contribution in [0, 0.1) is 17.8 Å². The Balaban J connectivity index is 2.00. The lowest BCUT2D eigenvalue weighted by Gasteiger charge is -2.30. The van der Waals surface area contributed by atoms with Crippen LogP contribution < -0.4 is 10.6 Å². The maximum Gasteiger partial charge on any atom is 0.226 e. The van der Waals surface area contributed by atoms with E-state index in [1.165, 1.54) is 6.42 Å². The van der Waals surface area contributed by atoms with Gasteiger partial charge in [0.25, 0.3) is 0 Å². The fourth-order valence-corrected chi connectivity index (χ4v) is 4.88. The molecule has 0 radical (unpaired) electrons. The van der Waals surface area contributed by atoms with Crippen LogP contribution in [0.25, 0.3) is 0 Å². The van der Waals surface area contributed by atoms with Gasteiger partial charge in [0.1, 0.15) is 0 Å². The highest BCUT2D eigenvalue weighted by Gasteiger charge is 2.47. The SMILES string of the molecule is CCCCCN1CC(C(=O)NC(C)C(O)CNCCC)C(C2CCCCC2)C1=O. The smallest absolute Gasteiger partial charge is 0.226 e. The first kappa shape index (κ1) is 24.1. The normalized spacial score (nSPS) is 25.2. The lowest BCUT2D eigenvalue weighted by Crippen LogP contribution is -2.49. The van der Waals surface area contributed by atoms with Crippen molar-refractivity contribution in [2.45, 2.75) is 90.7 Å². The first-order chi connectivity index (χ1) is 14.0. The maximum absolute atomic E-state index is 13.2. The maximum atomic E-state index is 13.2. The zero-order valence-corrected chi connectivity index (χ0v) is 18.8. The Kier molecular flexibility index (Phi) is 10.4. The van der Waals surface area contributed by atoms with Crippen LogP contribution in [0.3, 0.4) is 0 Å². The summed E-state index contributed by atoms with van der Waals surface area (Å²) in [7, 11) is 0. The van der Waals surface area contributed by atoms with Gasteiger partial charge in [-0.15, -0.1) is 0 Å². The molecule has 1 saturated heterocycles. The molecule has 6 nitrogen and oxygen atoms in total. The number of hydrogen-bond donors (Lipinski definition) is 3. The van der Waals surface area contributed by atoms with Crippen LogP contribution in [0.2, 0.25) is 0 Å². The van der Waals surface area contributed by atoms with Crippen molar-refractivity contribution in [3.63, 3.8) is 0 Å². The van der Waals surface area contributed by atoms with Gasteiger partial charge in [-0.25, -0.2) is 0 Å². The Morgan fingerprint density at radius 1 is 1.17 bits per heavy atom. The Morgan fingerprint density at radius 2 is 1.90 bits per heavy atom. The molecular formula is C23H43N3O3. The lowest BCUT2D eigenvalue weighted by molar-refractivity contribution is -0.136. The number of nitrogens with one attached hydrogen (secondary N) is 2. The molecule has 0 aromatic heterocycles. The van der Waals surface area contributed by atoms with E-state index in [9.17, 15) is 14.7 Å². The molecule has 2 fully saturated rings. The van der Waals surface area contributed by atoms with Gasteiger partial charge in [-0.2, -0.15) is 0 Å². The molecule has 0 aromatic carbocycles. The quantitative estimate of drug-likeness (QED) is 0.433. The molecule has 1 heterocycles. The zero-order chi connectivity index (χ0) is 21.2. The number of carbonyl (C=O) groups excluding carboxylic acids is 2. The molecule has 1 aliphatic heterocycles. The van der Waals surface area contributed by atoms with Gasteiger partial charge in [0, 0.05) is 19.6 Å². The number of carbonyl (C=O) groups is 2. The third-order valence-electron chi connectivity index (χ3n) is 6.70. The molecule has 2 amide bonds. The number of aliphatic hydroxyl groups excluding tert-OH is 1. The molecule has 168 valence electrons. The highest BCUT2D eigenvalue weighted by molar-refractivity contribution is 5.91. The van der Waals surface area contributed by atoms with E-state index in [0.717, 1.165) is 64.5 Å². The molecule has 3 N–H and O–H groups in total. The standard InChI is InChI=1S/C23H43N3O3/c1-4-6-10-14-26-16-19(21(23(26)29)18-11-8-7-9-12-18)22(28)25-17(3)20(27)15-24-13-5-2/h17-21,24,27H,4-16H2,1-3H3,(H,25,28). The fraction of sp³-hybridized carbons (Fsp3) is 0.913. The molecule has 1 saturated carbocycles. The topological polar surface area (TPSA) is 81.7 Å². The molecule has 4 atom stereocenters. The van der Waals surface area contributed by atoms with Gasteiger partial charge in [0.05, 0.1) is 24.0 Å². The lowest BCUT2D eigenvalue weighted by atomic mass is 9.75. The Morgan fingerprint density at radius 3 is 2.55 bits per heavy atom. The molecule has 29 heavy (non-hydrogen) atoms. The van der Waals surface area contributed by atoms with Gasteiger partial charge in [-0.05, 0) is 45.1 Å². The number of rotatable bonds is 12. The summed E-state index contributed by atoms with van der Waals surface area (Å²) in [4.78, 5) is 28.3. The molecule has 2 rings (SSSR count). The van der Waals surface area contributed by atoms with Crippen LogP contribution in [0.1, 0.15) is 78.6 Å². The van der Waals surface area contributed by atoms with Gasteiger partial charge in [-0.3, -0.25) is 9.59 Å². The monoisotopic (exact) mass is 409 g/mol. The van der Waals surface area contributed by atoms with E-state index in [1.54, 1.807) is 0 Å². The van der Waals surface area contributed by atoms with E-state index >= 15 is 0 Å². The van der Waals surface area contributed by atoms with Crippen LogP contribution in [0.5, 0.6) is 0 Å². The minimum Gasteiger partial charge on any atom is -0.390 e. The van der Waals surface area contributed by atoms with Crippen molar-refractivity contribution >= 4 is 11.8 Å². The van der Waals surface area contributed by atoms with E-state index in [2.05, 4.69) is 24.5 Å². The summed E-state index contributed by atoms with van der Waals surface area (Å²) in [5.41, 5.74) is 0. The second-order valence-corrected chi connectivity index (χ2v) is 9.09. The Bertz CT molecular complexity index is 508. The van der Waals surface area contributed by atoms with Gasteiger partial charge in [-0.1, -0.05) is 46.0 Å². The summed E-state index contributed by atoms with van der Waals surface area (Å²) in [6.07, 6.45) is 9.31. The first-order valence-electron chi connectivity index (χ1n) is 12.0. The summed E-state index contributed by atoms with van der Waals surface area (Å²) in [6, 6.07) is -0.330. The first-order valence-corrected chi connectivity index (χ1v) is 12.0. The van der Waals surface area contributed by atoms with Gasteiger partial charge in [0.2, 0.25) is 11.8 Å². The average Bonchev–Trinajstić information content (AvgIpc) is 3.05. The second-order valence-electron chi connectivity index (χ2n) is 9.09. The van der Waals surface area contributed by atoms with Crippen molar-refractivity contribution in [2.24, 2.45) is 17.8 Å². The molecule has 4 unspecified atom stereocenters. The summed E-state index contributed by atoms with van der Waals surface area (Å²) >= 11 is 0. The van der Waals surface area contributed by atoms with Gasteiger partial charge < -0.3 is 20.6 Å². The van der Waals surface area contributed by atoms with E-state index in [4.69, 9.17) is 0 Å². The van der Waals surface area contributed by atoms with Gasteiger partial charge >= 0.3 is 0 Å². The van der Waals surface area contributed by atoms with Crippen molar-refractivity contribution in [3.05, 3.63) is 0 Å². The predicted octanol–water partition coefficient (Wildman–Crippen LogP) is 2.70. The summed E-state index contributed by atoms with van der Waals surface area (Å²) < 4.78 is 0. The van der Waals surface area contributed by atoms with E-state index in [1.807, 2.05) is 11.8 Å². The summed E-state index contributed by atoms with van der Waals surface area (Å²) in [6.45, 7) is 8.71. The molecule has 0 aromatic rings.